The maximum atomic E-state index is 10.1. The van der Waals surface area contributed by atoms with E-state index in [1.54, 1.807) is 7.11 Å². The monoisotopic (exact) mass is 250 g/mol. The van der Waals surface area contributed by atoms with E-state index in [1.807, 2.05) is 31.2 Å². The Bertz CT molecular complexity index is 357. The molecular weight excluding hydrogens is 228 g/mol. The molecule has 1 aromatic rings. The van der Waals surface area contributed by atoms with Gasteiger partial charge in [0.25, 0.3) is 0 Å². The Kier molecular flexibility index (Phi) is 4.61. The molecular formula is C15H22O3. The number of ether oxygens (including phenoxy) is 2. The Hall–Kier alpha value is -1.06. The van der Waals surface area contributed by atoms with E-state index in [4.69, 9.17) is 9.47 Å². The second kappa shape index (κ2) is 6.21. The van der Waals surface area contributed by atoms with E-state index in [0.29, 0.717) is 6.10 Å². The molecule has 1 N–H and O–H groups in total. The fourth-order valence-electron chi connectivity index (χ4n) is 1.82. The summed E-state index contributed by atoms with van der Waals surface area (Å²) in [5.74, 6) is 0.902. The lowest BCUT2D eigenvalue weighted by molar-refractivity contribution is 0.0851. The molecule has 2 rings (SSSR count). The molecule has 1 fully saturated rings. The van der Waals surface area contributed by atoms with Gasteiger partial charge in [-0.15, -0.1) is 0 Å². The average Bonchev–Trinajstić information content (AvgIpc) is 3.20. The summed E-state index contributed by atoms with van der Waals surface area (Å²) < 4.78 is 10.8. The van der Waals surface area contributed by atoms with E-state index in [1.165, 1.54) is 12.8 Å². The molecule has 0 spiro atoms. The highest BCUT2D eigenvalue weighted by atomic mass is 16.5. The van der Waals surface area contributed by atoms with Gasteiger partial charge in [-0.05, 0) is 50.3 Å². The van der Waals surface area contributed by atoms with Gasteiger partial charge in [0.1, 0.15) is 5.75 Å². The van der Waals surface area contributed by atoms with Crippen LogP contribution in [0.4, 0.5) is 0 Å². The topological polar surface area (TPSA) is 38.7 Å². The summed E-state index contributed by atoms with van der Waals surface area (Å²) in [7, 11) is 1.70. The van der Waals surface area contributed by atoms with Gasteiger partial charge in [0.2, 0.25) is 0 Å². The van der Waals surface area contributed by atoms with Crippen molar-refractivity contribution in [3.63, 3.8) is 0 Å². The molecule has 1 saturated carbocycles. The van der Waals surface area contributed by atoms with Crippen LogP contribution in [0.25, 0.3) is 0 Å². The van der Waals surface area contributed by atoms with E-state index >= 15 is 0 Å². The molecule has 0 heterocycles. The molecule has 0 saturated heterocycles. The van der Waals surface area contributed by atoms with Crippen molar-refractivity contribution in [2.45, 2.75) is 50.9 Å². The molecule has 0 amide bonds. The highest BCUT2D eigenvalue weighted by Crippen LogP contribution is 2.28. The minimum Gasteiger partial charge on any atom is -0.490 e. The van der Waals surface area contributed by atoms with Gasteiger partial charge in [-0.2, -0.15) is 0 Å². The van der Waals surface area contributed by atoms with Crippen LogP contribution in [-0.4, -0.2) is 24.4 Å². The maximum Gasteiger partial charge on any atom is 0.119 e. The minimum absolute atomic E-state index is 0.192. The second-order valence-corrected chi connectivity index (χ2v) is 5.03. The largest absolute Gasteiger partial charge is 0.490 e. The predicted octanol–water partition coefficient (Wildman–Crippen LogP) is 3.08. The van der Waals surface area contributed by atoms with E-state index < -0.39 is 6.10 Å². The van der Waals surface area contributed by atoms with Crippen LogP contribution in [0.1, 0.15) is 44.3 Å². The van der Waals surface area contributed by atoms with Crippen molar-refractivity contribution in [3.05, 3.63) is 29.8 Å². The first-order valence-electron chi connectivity index (χ1n) is 6.66. The summed E-state index contributed by atoms with van der Waals surface area (Å²) >= 11 is 0. The number of hydrogen-bond donors (Lipinski definition) is 1. The van der Waals surface area contributed by atoms with Gasteiger partial charge in [0.05, 0.1) is 18.3 Å². The molecule has 2 atom stereocenters. The number of rotatable bonds is 7. The van der Waals surface area contributed by atoms with Crippen molar-refractivity contribution >= 4 is 0 Å². The fraction of sp³-hybridized carbons (Fsp3) is 0.600. The average molecular weight is 250 g/mol. The van der Waals surface area contributed by atoms with Gasteiger partial charge < -0.3 is 14.6 Å². The van der Waals surface area contributed by atoms with E-state index in [9.17, 15) is 5.11 Å². The molecule has 1 aliphatic rings. The first-order chi connectivity index (χ1) is 8.69. The normalized spacial score (nSPS) is 18.4. The first-order valence-corrected chi connectivity index (χ1v) is 6.66. The van der Waals surface area contributed by atoms with Crippen LogP contribution in [0.3, 0.4) is 0 Å². The number of methoxy groups -OCH3 is 1. The Morgan fingerprint density at radius 3 is 2.44 bits per heavy atom. The third kappa shape index (κ3) is 4.00. The fourth-order valence-corrected chi connectivity index (χ4v) is 1.82. The lowest BCUT2D eigenvalue weighted by Crippen LogP contribution is -2.07. The maximum absolute atomic E-state index is 10.1. The quantitative estimate of drug-likeness (QED) is 0.808. The molecule has 3 heteroatoms. The van der Waals surface area contributed by atoms with E-state index in [0.717, 1.165) is 24.2 Å². The Balaban J connectivity index is 1.83. The molecule has 2 unspecified atom stereocenters. The Morgan fingerprint density at radius 1 is 1.22 bits per heavy atom. The molecule has 0 aromatic heterocycles. The number of aliphatic hydroxyl groups excluding tert-OH is 1. The second-order valence-electron chi connectivity index (χ2n) is 5.03. The summed E-state index contributed by atoms with van der Waals surface area (Å²) in [6.07, 6.45) is 4.10. The van der Waals surface area contributed by atoms with Crippen molar-refractivity contribution in [3.8, 4) is 5.75 Å². The Labute approximate surface area is 109 Å². The van der Waals surface area contributed by atoms with Gasteiger partial charge in [0, 0.05) is 7.11 Å². The lowest BCUT2D eigenvalue weighted by atomic mass is 10.0. The third-order valence-electron chi connectivity index (χ3n) is 3.34. The number of aliphatic hydroxyl groups is 1. The third-order valence-corrected chi connectivity index (χ3v) is 3.34. The van der Waals surface area contributed by atoms with Gasteiger partial charge in [0.15, 0.2) is 0 Å². The van der Waals surface area contributed by atoms with E-state index in [-0.39, 0.29) is 6.10 Å². The van der Waals surface area contributed by atoms with Gasteiger partial charge in [-0.1, -0.05) is 12.1 Å². The van der Waals surface area contributed by atoms with Crippen molar-refractivity contribution in [2.24, 2.45) is 0 Å². The van der Waals surface area contributed by atoms with Crippen molar-refractivity contribution < 1.29 is 14.6 Å². The van der Waals surface area contributed by atoms with Gasteiger partial charge in [-0.3, -0.25) is 0 Å². The van der Waals surface area contributed by atoms with Gasteiger partial charge in [-0.25, -0.2) is 0 Å². The van der Waals surface area contributed by atoms with Crippen molar-refractivity contribution in [1.29, 1.82) is 0 Å². The summed E-state index contributed by atoms with van der Waals surface area (Å²) in [4.78, 5) is 0. The summed E-state index contributed by atoms with van der Waals surface area (Å²) in [5, 5.41) is 10.1. The standard InChI is InChI=1S/C15H22O3/c1-11(17-2)3-10-15(16)12-4-6-13(7-5-12)18-14-8-9-14/h4-7,11,14-16H,3,8-10H2,1-2H3. The molecule has 3 nitrogen and oxygen atoms in total. The predicted molar refractivity (Wildman–Crippen MR) is 70.8 cm³/mol. The van der Waals surface area contributed by atoms with Crippen molar-refractivity contribution in [2.75, 3.05) is 7.11 Å². The smallest absolute Gasteiger partial charge is 0.119 e. The van der Waals surface area contributed by atoms with Crippen LogP contribution in [0, 0.1) is 0 Å². The van der Waals surface area contributed by atoms with E-state index in [2.05, 4.69) is 0 Å². The molecule has 18 heavy (non-hydrogen) atoms. The molecule has 0 radical (unpaired) electrons. The van der Waals surface area contributed by atoms with Crippen LogP contribution in [0.2, 0.25) is 0 Å². The molecule has 0 bridgehead atoms. The highest BCUT2D eigenvalue weighted by Gasteiger charge is 2.23. The lowest BCUT2D eigenvalue weighted by Gasteiger charge is -2.14. The Morgan fingerprint density at radius 2 is 1.89 bits per heavy atom. The van der Waals surface area contributed by atoms with Crippen LogP contribution in [0.15, 0.2) is 24.3 Å². The van der Waals surface area contributed by atoms with Gasteiger partial charge >= 0.3 is 0 Å². The molecule has 100 valence electrons. The molecule has 0 aliphatic heterocycles. The van der Waals surface area contributed by atoms with Crippen LogP contribution < -0.4 is 4.74 Å². The SMILES string of the molecule is COC(C)CCC(O)c1ccc(OC2CC2)cc1. The molecule has 1 aromatic carbocycles. The van der Waals surface area contributed by atoms with Crippen LogP contribution in [-0.2, 0) is 4.74 Å². The zero-order valence-electron chi connectivity index (χ0n) is 11.1. The van der Waals surface area contributed by atoms with Crippen LogP contribution in [0.5, 0.6) is 5.75 Å². The zero-order valence-corrected chi connectivity index (χ0v) is 11.1. The summed E-state index contributed by atoms with van der Waals surface area (Å²) in [6.45, 7) is 2.01. The summed E-state index contributed by atoms with van der Waals surface area (Å²) in [5.41, 5.74) is 0.946. The highest BCUT2D eigenvalue weighted by molar-refractivity contribution is 5.29. The molecule has 1 aliphatic carbocycles. The minimum atomic E-state index is -0.419. The number of benzene rings is 1. The summed E-state index contributed by atoms with van der Waals surface area (Å²) in [6, 6.07) is 7.77. The zero-order chi connectivity index (χ0) is 13.0. The van der Waals surface area contributed by atoms with Crippen molar-refractivity contribution in [1.82, 2.24) is 0 Å². The first kappa shape index (κ1) is 13.4. The van der Waals surface area contributed by atoms with Crippen LogP contribution >= 0.6 is 0 Å². The number of hydrogen-bond acceptors (Lipinski definition) is 3.